The molecular formula is C33H40BrN3O2. The summed E-state index contributed by atoms with van der Waals surface area (Å²) < 4.78 is 9.36. The highest BCUT2D eigenvalue weighted by atomic mass is 79.9. The van der Waals surface area contributed by atoms with E-state index in [2.05, 4.69) is 88.2 Å². The average molecular weight is 591 g/mol. The van der Waals surface area contributed by atoms with Crippen LogP contribution in [0, 0.1) is 0 Å². The minimum absolute atomic E-state index is 0.0172. The van der Waals surface area contributed by atoms with E-state index < -0.39 is 0 Å². The molecule has 0 aliphatic carbocycles. The molecule has 1 aromatic heterocycles. The van der Waals surface area contributed by atoms with Crippen LogP contribution in [-0.2, 0) is 13.0 Å². The third kappa shape index (κ3) is 8.43. The van der Waals surface area contributed by atoms with Crippen LogP contribution >= 0.6 is 15.9 Å². The van der Waals surface area contributed by atoms with E-state index in [1.165, 1.54) is 11.1 Å². The van der Waals surface area contributed by atoms with E-state index in [4.69, 9.17) is 9.72 Å². The number of unbranched alkanes of at least 4 members (excludes halogenated alkanes) is 3. The SMILES string of the molecule is CCC(C)c1ccc(OCCCCn2c(CCCCCNC(=O)c3ccc(Br)cc3)nc3ccccc32)cc1. The van der Waals surface area contributed by atoms with Crippen LogP contribution in [0.5, 0.6) is 5.75 Å². The van der Waals surface area contributed by atoms with Crippen molar-refractivity contribution >= 4 is 32.9 Å². The molecule has 0 fully saturated rings. The van der Waals surface area contributed by atoms with E-state index in [0.717, 1.165) is 79.7 Å². The largest absolute Gasteiger partial charge is 0.494 e. The number of halogens is 1. The maximum atomic E-state index is 12.3. The normalized spacial score (nSPS) is 12.0. The van der Waals surface area contributed by atoms with Crippen LogP contribution in [0.3, 0.4) is 0 Å². The van der Waals surface area contributed by atoms with Crippen molar-refractivity contribution in [2.75, 3.05) is 13.2 Å². The fraction of sp³-hybridized carbons (Fsp3) is 0.394. The Hall–Kier alpha value is -3.12. The first kappa shape index (κ1) is 28.9. The van der Waals surface area contributed by atoms with Gasteiger partial charge in [0.1, 0.15) is 11.6 Å². The summed E-state index contributed by atoms with van der Waals surface area (Å²) in [7, 11) is 0. The molecule has 4 rings (SSSR count). The number of aromatic nitrogens is 2. The number of hydrogen-bond donors (Lipinski definition) is 1. The molecule has 0 bridgehead atoms. The lowest BCUT2D eigenvalue weighted by Gasteiger charge is -2.12. The van der Waals surface area contributed by atoms with Crippen molar-refractivity contribution in [2.24, 2.45) is 0 Å². The Labute approximate surface area is 241 Å². The molecule has 0 saturated heterocycles. The van der Waals surface area contributed by atoms with Crippen molar-refractivity contribution in [1.29, 1.82) is 0 Å². The van der Waals surface area contributed by atoms with Gasteiger partial charge in [-0.2, -0.15) is 0 Å². The molecule has 4 aromatic rings. The standard InChI is InChI=1S/C33H40BrN3O2/c1-3-25(2)26-16-20-29(21-17-26)39-24-10-9-23-37-31-12-7-6-11-30(31)36-32(37)13-5-4-8-22-35-33(38)27-14-18-28(34)19-15-27/h6-7,11-12,14-21,25H,3-5,8-10,13,22-24H2,1-2H3,(H,35,38). The number of imidazole rings is 1. The molecule has 0 aliphatic heterocycles. The molecule has 1 amide bonds. The van der Waals surface area contributed by atoms with Crippen molar-refractivity contribution in [3.05, 3.63) is 94.2 Å². The monoisotopic (exact) mass is 589 g/mol. The third-order valence-corrected chi connectivity index (χ3v) is 7.84. The first-order valence-corrected chi connectivity index (χ1v) is 15.0. The van der Waals surface area contributed by atoms with E-state index in [1.54, 1.807) is 0 Å². The molecule has 1 atom stereocenters. The summed E-state index contributed by atoms with van der Waals surface area (Å²) in [6, 6.07) is 24.4. The van der Waals surface area contributed by atoms with Crippen molar-refractivity contribution in [3.8, 4) is 5.75 Å². The van der Waals surface area contributed by atoms with Gasteiger partial charge < -0.3 is 14.6 Å². The van der Waals surface area contributed by atoms with Crippen molar-refractivity contribution in [3.63, 3.8) is 0 Å². The van der Waals surface area contributed by atoms with Gasteiger partial charge in [0.15, 0.2) is 0 Å². The Kier molecular flexibility index (Phi) is 11.0. The highest BCUT2D eigenvalue weighted by molar-refractivity contribution is 9.10. The van der Waals surface area contributed by atoms with E-state index >= 15 is 0 Å². The summed E-state index contributed by atoms with van der Waals surface area (Å²) in [4.78, 5) is 17.2. The number of carbonyl (C=O) groups is 1. The molecule has 206 valence electrons. The van der Waals surface area contributed by atoms with Crippen LogP contribution in [0.4, 0.5) is 0 Å². The highest BCUT2D eigenvalue weighted by Crippen LogP contribution is 2.22. The molecule has 5 nitrogen and oxygen atoms in total. The molecule has 6 heteroatoms. The van der Waals surface area contributed by atoms with Gasteiger partial charge in [-0.1, -0.05) is 60.5 Å². The molecule has 1 N–H and O–H groups in total. The zero-order chi connectivity index (χ0) is 27.5. The predicted octanol–water partition coefficient (Wildman–Crippen LogP) is 8.31. The first-order chi connectivity index (χ1) is 19.0. The summed E-state index contributed by atoms with van der Waals surface area (Å²) in [6.45, 7) is 6.83. The molecule has 0 aliphatic rings. The number of nitrogens with one attached hydrogen (secondary N) is 1. The maximum Gasteiger partial charge on any atom is 0.251 e. The Balaban J connectivity index is 1.20. The van der Waals surface area contributed by atoms with Gasteiger partial charge >= 0.3 is 0 Å². The smallest absolute Gasteiger partial charge is 0.251 e. The fourth-order valence-electron chi connectivity index (χ4n) is 4.75. The molecule has 39 heavy (non-hydrogen) atoms. The summed E-state index contributed by atoms with van der Waals surface area (Å²) >= 11 is 3.40. The van der Waals surface area contributed by atoms with Gasteiger partial charge in [-0.05, 0) is 92.1 Å². The van der Waals surface area contributed by atoms with Gasteiger partial charge in [-0.15, -0.1) is 0 Å². The number of rotatable bonds is 15. The lowest BCUT2D eigenvalue weighted by molar-refractivity contribution is 0.0953. The number of ether oxygens (including phenoxy) is 1. The van der Waals surface area contributed by atoms with Crippen molar-refractivity contribution in [2.45, 2.75) is 71.3 Å². The summed E-state index contributed by atoms with van der Waals surface area (Å²) in [5.41, 5.74) is 4.33. The Bertz CT molecular complexity index is 1320. The number of amides is 1. The molecule has 3 aromatic carbocycles. The zero-order valence-electron chi connectivity index (χ0n) is 23.2. The highest BCUT2D eigenvalue weighted by Gasteiger charge is 2.11. The number of fused-ring (bicyclic) bond motifs is 1. The van der Waals surface area contributed by atoms with Gasteiger partial charge in [0, 0.05) is 29.5 Å². The van der Waals surface area contributed by atoms with Gasteiger partial charge in [-0.25, -0.2) is 4.98 Å². The summed E-state index contributed by atoms with van der Waals surface area (Å²) in [5, 5.41) is 3.02. The number of para-hydroxylation sites is 2. The second-order valence-electron chi connectivity index (χ2n) is 10.2. The van der Waals surface area contributed by atoms with Crippen LogP contribution in [0.2, 0.25) is 0 Å². The van der Waals surface area contributed by atoms with E-state index in [9.17, 15) is 4.79 Å². The fourth-order valence-corrected chi connectivity index (χ4v) is 5.01. The number of aryl methyl sites for hydroxylation is 2. The second-order valence-corrected chi connectivity index (χ2v) is 11.1. The lowest BCUT2D eigenvalue weighted by atomic mass is 9.99. The van der Waals surface area contributed by atoms with Gasteiger partial charge in [0.2, 0.25) is 0 Å². The van der Waals surface area contributed by atoms with E-state index in [1.807, 2.05) is 24.3 Å². The number of benzene rings is 3. The van der Waals surface area contributed by atoms with Gasteiger partial charge in [0.25, 0.3) is 5.91 Å². The molecule has 1 unspecified atom stereocenters. The Morgan fingerprint density at radius 2 is 1.72 bits per heavy atom. The zero-order valence-corrected chi connectivity index (χ0v) is 24.8. The van der Waals surface area contributed by atoms with Crippen molar-refractivity contribution in [1.82, 2.24) is 14.9 Å². The molecule has 0 spiro atoms. The van der Waals surface area contributed by atoms with E-state index in [0.29, 0.717) is 18.0 Å². The molecule has 0 radical (unpaired) electrons. The van der Waals surface area contributed by atoms with Crippen LogP contribution in [-0.4, -0.2) is 28.6 Å². The number of carbonyl (C=O) groups excluding carboxylic acids is 1. The third-order valence-electron chi connectivity index (χ3n) is 7.31. The maximum absolute atomic E-state index is 12.3. The van der Waals surface area contributed by atoms with E-state index in [-0.39, 0.29) is 5.91 Å². The predicted molar refractivity (Wildman–Crippen MR) is 164 cm³/mol. The minimum Gasteiger partial charge on any atom is -0.494 e. The van der Waals surface area contributed by atoms with Gasteiger partial charge in [0.05, 0.1) is 17.6 Å². The average Bonchev–Trinajstić information content (AvgIpc) is 3.32. The molecule has 0 saturated carbocycles. The quantitative estimate of drug-likeness (QED) is 0.142. The number of nitrogens with zero attached hydrogens (tertiary/aromatic N) is 2. The second kappa shape index (κ2) is 14.9. The lowest BCUT2D eigenvalue weighted by Crippen LogP contribution is -2.24. The summed E-state index contributed by atoms with van der Waals surface area (Å²) in [5.74, 6) is 2.67. The van der Waals surface area contributed by atoms with Crippen molar-refractivity contribution < 1.29 is 9.53 Å². The van der Waals surface area contributed by atoms with Crippen LogP contribution in [0.25, 0.3) is 11.0 Å². The number of hydrogen-bond acceptors (Lipinski definition) is 3. The van der Waals surface area contributed by atoms with Crippen LogP contribution < -0.4 is 10.1 Å². The minimum atomic E-state index is -0.0172. The molecule has 1 heterocycles. The molecular weight excluding hydrogens is 550 g/mol. The topological polar surface area (TPSA) is 56.1 Å². The Morgan fingerprint density at radius 1 is 0.949 bits per heavy atom. The van der Waals surface area contributed by atoms with Crippen LogP contribution in [0.15, 0.2) is 77.3 Å². The first-order valence-electron chi connectivity index (χ1n) is 14.3. The van der Waals surface area contributed by atoms with Gasteiger partial charge in [-0.3, -0.25) is 4.79 Å². The summed E-state index contributed by atoms with van der Waals surface area (Å²) in [6.07, 6.45) is 7.18. The Morgan fingerprint density at radius 3 is 2.49 bits per heavy atom. The van der Waals surface area contributed by atoms with Crippen LogP contribution in [0.1, 0.15) is 80.0 Å².